The first kappa shape index (κ1) is 20.0. The molecule has 1 aliphatic carbocycles. The second-order valence-electron chi connectivity index (χ2n) is 6.59. The molecule has 2 rings (SSSR count). The summed E-state index contributed by atoms with van der Waals surface area (Å²) < 4.78 is 31.8. The lowest BCUT2D eigenvalue weighted by Gasteiger charge is -2.29. The Morgan fingerprint density at radius 1 is 1.24 bits per heavy atom. The monoisotopic (exact) mass is 388 g/mol. The number of rotatable bonds is 6. The molecule has 2 N–H and O–H groups in total. The molecule has 8 heteroatoms. The van der Waals surface area contributed by atoms with Crippen molar-refractivity contribution in [2.45, 2.75) is 50.8 Å². The van der Waals surface area contributed by atoms with Gasteiger partial charge in [0, 0.05) is 17.0 Å². The molecule has 0 saturated heterocycles. The third-order valence-electron chi connectivity index (χ3n) is 4.47. The maximum atomic E-state index is 12.5. The first-order valence-corrected chi connectivity index (χ1v) is 10.3. The molecule has 140 valence electrons. The van der Waals surface area contributed by atoms with Crippen molar-refractivity contribution in [3.05, 3.63) is 23.2 Å². The molecule has 1 aliphatic rings. The lowest BCUT2D eigenvalue weighted by Crippen LogP contribution is -2.42. The van der Waals surface area contributed by atoms with Crippen LogP contribution in [0.1, 0.15) is 39.5 Å². The molecule has 0 spiro atoms. The van der Waals surface area contributed by atoms with E-state index >= 15 is 0 Å². The molecule has 0 unspecified atom stereocenters. The predicted molar refractivity (Wildman–Crippen MR) is 99.6 cm³/mol. The molecule has 0 aliphatic heterocycles. The summed E-state index contributed by atoms with van der Waals surface area (Å²) in [4.78, 5) is 12.5. The van der Waals surface area contributed by atoms with Crippen LogP contribution in [0.4, 0.5) is 5.69 Å². The number of amides is 1. The highest BCUT2D eigenvalue weighted by atomic mass is 35.5. The molecule has 0 heterocycles. The van der Waals surface area contributed by atoms with Crippen LogP contribution < -0.4 is 14.8 Å². The molecular formula is C17H25ClN2O4S. The van der Waals surface area contributed by atoms with Crippen LogP contribution in [0.25, 0.3) is 0 Å². The molecular weight excluding hydrogens is 364 g/mol. The zero-order valence-electron chi connectivity index (χ0n) is 14.7. The highest BCUT2D eigenvalue weighted by Gasteiger charge is 2.29. The van der Waals surface area contributed by atoms with Gasteiger partial charge in [0.2, 0.25) is 15.9 Å². The van der Waals surface area contributed by atoms with E-state index in [1.165, 1.54) is 7.11 Å². The van der Waals surface area contributed by atoms with E-state index in [4.69, 9.17) is 16.3 Å². The van der Waals surface area contributed by atoms with Crippen molar-refractivity contribution in [1.29, 1.82) is 0 Å². The summed E-state index contributed by atoms with van der Waals surface area (Å²) in [7, 11) is -1.75. The van der Waals surface area contributed by atoms with Crippen molar-refractivity contribution in [3.8, 4) is 5.75 Å². The molecule has 1 saturated carbocycles. The molecule has 1 aromatic carbocycles. The number of benzene rings is 1. The van der Waals surface area contributed by atoms with Gasteiger partial charge in [0.05, 0.1) is 18.0 Å². The molecule has 1 aromatic rings. The lowest BCUT2D eigenvalue weighted by molar-refractivity contribution is -0.120. The number of ether oxygens (including phenoxy) is 1. The number of carbonyl (C=O) groups is 1. The number of anilines is 1. The Kier molecular flexibility index (Phi) is 6.71. The van der Waals surface area contributed by atoms with Crippen molar-refractivity contribution >= 4 is 33.2 Å². The number of nitrogens with one attached hydrogen (secondary N) is 2. The fourth-order valence-corrected chi connectivity index (χ4v) is 4.00. The molecule has 6 nitrogen and oxygen atoms in total. The lowest BCUT2D eigenvalue weighted by atomic mass is 9.86. The Bertz CT molecular complexity index is 713. The van der Waals surface area contributed by atoms with Crippen LogP contribution in [0.2, 0.25) is 5.02 Å². The van der Waals surface area contributed by atoms with Gasteiger partial charge in [-0.25, -0.2) is 13.1 Å². The number of hydrogen-bond donors (Lipinski definition) is 2. The van der Waals surface area contributed by atoms with Crippen LogP contribution in [0, 0.1) is 5.92 Å². The Balaban J connectivity index is 1.93. The smallest absolute Gasteiger partial charge is 0.227 e. The summed E-state index contributed by atoms with van der Waals surface area (Å²) in [5, 5.41) is 2.93. The largest absolute Gasteiger partial charge is 0.495 e. The third-order valence-corrected chi connectivity index (χ3v) is 6.61. The molecule has 0 atom stereocenters. The van der Waals surface area contributed by atoms with Gasteiger partial charge in [-0.3, -0.25) is 4.79 Å². The number of halogens is 1. The molecule has 0 radical (unpaired) electrons. The van der Waals surface area contributed by atoms with Gasteiger partial charge in [-0.05, 0) is 57.7 Å². The second kappa shape index (κ2) is 8.38. The van der Waals surface area contributed by atoms with E-state index in [0.717, 1.165) is 0 Å². The van der Waals surface area contributed by atoms with E-state index in [0.29, 0.717) is 42.1 Å². The van der Waals surface area contributed by atoms with E-state index in [-0.39, 0.29) is 17.9 Å². The fourth-order valence-electron chi connectivity index (χ4n) is 2.85. The molecule has 1 fully saturated rings. The van der Waals surface area contributed by atoms with Gasteiger partial charge < -0.3 is 10.1 Å². The van der Waals surface area contributed by atoms with Gasteiger partial charge in [0.1, 0.15) is 5.75 Å². The van der Waals surface area contributed by atoms with E-state index in [1.54, 1.807) is 32.0 Å². The topological polar surface area (TPSA) is 84.5 Å². The van der Waals surface area contributed by atoms with Crippen molar-refractivity contribution in [1.82, 2.24) is 4.72 Å². The second-order valence-corrected chi connectivity index (χ2v) is 9.30. The molecule has 25 heavy (non-hydrogen) atoms. The zero-order valence-corrected chi connectivity index (χ0v) is 16.3. The summed E-state index contributed by atoms with van der Waals surface area (Å²) in [5.74, 6) is 0.311. The Hall–Kier alpha value is -1.31. The molecule has 1 amide bonds. The van der Waals surface area contributed by atoms with Gasteiger partial charge in [0.25, 0.3) is 0 Å². The van der Waals surface area contributed by atoms with Crippen LogP contribution in [-0.2, 0) is 14.8 Å². The average Bonchev–Trinajstić information content (AvgIpc) is 2.55. The van der Waals surface area contributed by atoms with Gasteiger partial charge in [0.15, 0.2) is 0 Å². The maximum Gasteiger partial charge on any atom is 0.227 e. The quantitative estimate of drug-likeness (QED) is 0.783. The number of sulfonamides is 1. The van der Waals surface area contributed by atoms with E-state index in [9.17, 15) is 13.2 Å². The van der Waals surface area contributed by atoms with E-state index in [2.05, 4.69) is 10.0 Å². The Morgan fingerprint density at radius 2 is 1.88 bits per heavy atom. The van der Waals surface area contributed by atoms with Crippen LogP contribution in [0.3, 0.4) is 0 Å². The first-order chi connectivity index (χ1) is 11.7. The number of carbonyl (C=O) groups excluding carboxylic acids is 1. The van der Waals surface area contributed by atoms with Gasteiger partial charge in [-0.1, -0.05) is 11.6 Å². The Labute approximate surface area is 154 Å². The van der Waals surface area contributed by atoms with Crippen molar-refractivity contribution in [2.75, 3.05) is 12.4 Å². The predicted octanol–water partition coefficient (Wildman–Crippen LogP) is 3.17. The van der Waals surface area contributed by atoms with E-state index < -0.39 is 15.3 Å². The summed E-state index contributed by atoms with van der Waals surface area (Å²) in [6.07, 6.45) is 2.58. The number of hydrogen-bond acceptors (Lipinski definition) is 4. The normalized spacial score (nSPS) is 21.2. The van der Waals surface area contributed by atoms with Gasteiger partial charge >= 0.3 is 0 Å². The minimum absolute atomic E-state index is 0.0919. The van der Waals surface area contributed by atoms with Gasteiger partial charge in [-0.15, -0.1) is 0 Å². The summed E-state index contributed by atoms with van der Waals surface area (Å²) in [6.45, 7) is 3.31. The highest BCUT2D eigenvalue weighted by Crippen LogP contribution is 2.30. The summed E-state index contributed by atoms with van der Waals surface area (Å²) in [6, 6.07) is 4.95. The standard InChI is InChI=1S/C17H25ClN2O4S/c1-11(2)25(22,23)20-14-7-4-12(5-8-14)17(21)19-15-10-13(18)6-9-16(15)24-3/h6,9-12,14,20H,4-5,7-8H2,1-3H3,(H,19,21). The van der Waals surface area contributed by atoms with Gasteiger partial charge in [-0.2, -0.15) is 0 Å². The maximum absolute atomic E-state index is 12.5. The minimum atomic E-state index is -3.28. The Morgan fingerprint density at radius 3 is 2.44 bits per heavy atom. The summed E-state index contributed by atoms with van der Waals surface area (Å²) in [5.41, 5.74) is 0.544. The first-order valence-electron chi connectivity index (χ1n) is 8.38. The van der Waals surface area contributed by atoms with Crippen LogP contribution in [0.5, 0.6) is 5.75 Å². The van der Waals surface area contributed by atoms with Crippen molar-refractivity contribution in [3.63, 3.8) is 0 Å². The minimum Gasteiger partial charge on any atom is -0.495 e. The zero-order chi connectivity index (χ0) is 18.6. The van der Waals surface area contributed by atoms with Crippen LogP contribution >= 0.6 is 11.6 Å². The van der Waals surface area contributed by atoms with Crippen LogP contribution in [0.15, 0.2) is 18.2 Å². The highest BCUT2D eigenvalue weighted by molar-refractivity contribution is 7.90. The molecule has 0 bridgehead atoms. The van der Waals surface area contributed by atoms with Crippen LogP contribution in [-0.4, -0.2) is 32.7 Å². The number of methoxy groups -OCH3 is 1. The van der Waals surface area contributed by atoms with E-state index in [1.807, 2.05) is 0 Å². The average molecular weight is 389 g/mol. The van der Waals surface area contributed by atoms with Crippen molar-refractivity contribution in [2.24, 2.45) is 5.92 Å². The summed E-state index contributed by atoms with van der Waals surface area (Å²) >= 11 is 5.98. The SMILES string of the molecule is COc1ccc(Cl)cc1NC(=O)C1CCC(NS(=O)(=O)C(C)C)CC1. The van der Waals surface area contributed by atoms with Crippen molar-refractivity contribution < 1.29 is 17.9 Å². The molecule has 0 aromatic heterocycles. The third kappa shape index (κ3) is 5.33. The fraction of sp³-hybridized carbons (Fsp3) is 0.588.